The standard InChI is InChI=1S/C12H11ClN2O3/c13-10-11(16)14-8-15-12(10)18-7-6-17-9-4-2-1-3-5-9/h1-5,8H,6-7H2,(H,14,15,16). The zero-order valence-electron chi connectivity index (χ0n) is 9.43. The molecule has 0 saturated carbocycles. The lowest BCUT2D eigenvalue weighted by molar-refractivity contribution is 0.211. The van der Waals surface area contributed by atoms with Crippen LogP contribution in [-0.4, -0.2) is 23.2 Å². The van der Waals surface area contributed by atoms with Gasteiger partial charge in [0.25, 0.3) is 5.56 Å². The van der Waals surface area contributed by atoms with Crippen LogP contribution in [0.3, 0.4) is 0 Å². The number of hydrogen-bond donors (Lipinski definition) is 1. The maximum Gasteiger partial charge on any atom is 0.273 e. The van der Waals surface area contributed by atoms with Crippen molar-refractivity contribution in [1.29, 1.82) is 0 Å². The molecule has 0 aliphatic rings. The molecule has 5 nitrogen and oxygen atoms in total. The summed E-state index contributed by atoms with van der Waals surface area (Å²) in [4.78, 5) is 17.3. The Balaban J connectivity index is 1.82. The monoisotopic (exact) mass is 266 g/mol. The van der Waals surface area contributed by atoms with Crippen LogP contribution >= 0.6 is 11.6 Å². The van der Waals surface area contributed by atoms with Gasteiger partial charge in [0.05, 0.1) is 6.33 Å². The van der Waals surface area contributed by atoms with E-state index in [9.17, 15) is 4.79 Å². The van der Waals surface area contributed by atoms with Gasteiger partial charge in [-0.15, -0.1) is 0 Å². The molecule has 94 valence electrons. The minimum absolute atomic E-state index is 0.0581. The molecule has 0 bridgehead atoms. The van der Waals surface area contributed by atoms with Crippen molar-refractivity contribution in [3.63, 3.8) is 0 Å². The summed E-state index contributed by atoms with van der Waals surface area (Å²) in [6.45, 7) is 0.597. The largest absolute Gasteiger partial charge is 0.490 e. The highest BCUT2D eigenvalue weighted by molar-refractivity contribution is 6.31. The quantitative estimate of drug-likeness (QED) is 0.840. The van der Waals surface area contributed by atoms with E-state index >= 15 is 0 Å². The summed E-state index contributed by atoms with van der Waals surface area (Å²) in [7, 11) is 0. The van der Waals surface area contributed by atoms with Gasteiger partial charge in [-0.3, -0.25) is 4.79 Å². The molecule has 0 radical (unpaired) electrons. The lowest BCUT2D eigenvalue weighted by Gasteiger charge is -2.07. The van der Waals surface area contributed by atoms with E-state index in [1.807, 2.05) is 30.3 Å². The van der Waals surface area contributed by atoms with Gasteiger partial charge in [-0.1, -0.05) is 29.8 Å². The number of ether oxygens (including phenoxy) is 2. The van der Waals surface area contributed by atoms with Crippen molar-refractivity contribution in [2.45, 2.75) is 0 Å². The fraction of sp³-hybridized carbons (Fsp3) is 0.167. The van der Waals surface area contributed by atoms with Crippen molar-refractivity contribution in [2.75, 3.05) is 13.2 Å². The minimum atomic E-state index is -0.425. The second-order valence-corrected chi connectivity index (χ2v) is 3.74. The van der Waals surface area contributed by atoms with Gasteiger partial charge in [0.2, 0.25) is 5.88 Å². The molecule has 6 heteroatoms. The highest BCUT2D eigenvalue weighted by Gasteiger charge is 2.06. The van der Waals surface area contributed by atoms with Crippen LogP contribution in [0.4, 0.5) is 0 Å². The third-order valence-electron chi connectivity index (χ3n) is 2.10. The Bertz CT molecular complexity index is 557. The van der Waals surface area contributed by atoms with Crippen LogP contribution in [0.15, 0.2) is 41.5 Å². The van der Waals surface area contributed by atoms with E-state index in [4.69, 9.17) is 21.1 Å². The van der Waals surface area contributed by atoms with Crippen molar-refractivity contribution < 1.29 is 9.47 Å². The molecule has 1 N–H and O–H groups in total. The molecule has 0 fully saturated rings. The van der Waals surface area contributed by atoms with Gasteiger partial charge in [-0.25, -0.2) is 4.98 Å². The SMILES string of the molecule is O=c1[nH]cnc(OCCOc2ccccc2)c1Cl. The van der Waals surface area contributed by atoms with E-state index in [2.05, 4.69) is 9.97 Å². The first-order valence-electron chi connectivity index (χ1n) is 5.31. The molecule has 0 amide bonds. The van der Waals surface area contributed by atoms with Gasteiger partial charge in [0.15, 0.2) is 5.02 Å². The number of aromatic nitrogens is 2. The number of hydrogen-bond acceptors (Lipinski definition) is 4. The van der Waals surface area contributed by atoms with Crippen LogP contribution < -0.4 is 15.0 Å². The number of aromatic amines is 1. The Morgan fingerprint density at radius 3 is 2.67 bits per heavy atom. The number of nitrogens with one attached hydrogen (secondary N) is 1. The average Bonchev–Trinajstić information content (AvgIpc) is 2.40. The minimum Gasteiger partial charge on any atom is -0.490 e. The summed E-state index contributed by atoms with van der Waals surface area (Å²) in [5, 5.41) is -0.0581. The van der Waals surface area contributed by atoms with Gasteiger partial charge < -0.3 is 14.5 Å². The van der Waals surface area contributed by atoms with Gasteiger partial charge in [0, 0.05) is 0 Å². The number of rotatable bonds is 5. The zero-order chi connectivity index (χ0) is 12.8. The lowest BCUT2D eigenvalue weighted by atomic mass is 10.3. The Hall–Kier alpha value is -2.01. The molecule has 2 aromatic rings. The van der Waals surface area contributed by atoms with E-state index in [-0.39, 0.29) is 17.5 Å². The van der Waals surface area contributed by atoms with Crippen molar-refractivity contribution in [3.8, 4) is 11.6 Å². The smallest absolute Gasteiger partial charge is 0.273 e. The maximum atomic E-state index is 11.2. The van der Waals surface area contributed by atoms with E-state index in [0.717, 1.165) is 5.75 Å². The highest BCUT2D eigenvalue weighted by Crippen LogP contribution is 2.15. The fourth-order valence-electron chi connectivity index (χ4n) is 1.28. The molecule has 0 spiro atoms. The molecule has 2 rings (SSSR count). The molecular formula is C12H11ClN2O3. The number of nitrogens with zero attached hydrogens (tertiary/aromatic N) is 1. The Kier molecular flexibility index (Phi) is 4.20. The summed E-state index contributed by atoms with van der Waals surface area (Å²) < 4.78 is 10.7. The summed E-state index contributed by atoms with van der Waals surface area (Å²) in [6, 6.07) is 9.36. The number of benzene rings is 1. The summed E-state index contributed by atoms with van der Waals surface area (Å²) in [6.07, 6.45) is 1.24. The topological polar surface area (TPSA) is 64.2 Å². The molecular weight excluding hydrogens is 256 g/mol. The summed E-state index contributed by atoms with van der Waals surface area (Å²) in [5.41, 5.74) is -0.425. The molecule has 0 atom stereocenters. The molecule has 1 aromatic carbocycles. The average molecular weight is 267 g/mol. The van der Waals surface area contributed by atoms with Crippen LogP contribution in [0.5, 0.6) is 11.6 Å². The zero-order valence-corrected chi connectivity index (χ0v) is 10.2. The second kappa shape index (κ2) is 6.07. The molecule has 0 unspecified atom stereocenters. The van der Waals surface area contributed by atoms with Crippen LogP contribution in [-0.2, 0) is 0 Å². The predicted octanol–water partition coefficient (Wildman–Crippen LogP) is 1.88. The molecule has 1 aromatic heterocycles. The van der Waals surface area contributed by atoms with Crippen molar-refractivity contribution in [2.24, 2.45) is 0 Å². The fourth-order valence-corrected chi connectivity index (χ4v) is 1.44. The summed E-state index contributed by atoms with van der Waals surface area (Å²) in [5.74, 6) is 0.864. The molecule has 0 aliphatic heterocycles. The second-order valence-electron chi connectivity index (χ2n) is 3.36. The Morgan fingerprint density at radius 1 is 1.17 bits per heavy atom. The summed E-state index contributed by atoms with van der Waals surface area (Å²) >= 11 is 5.72. The number of H-pyrrole nitrogens is 1. The van der Waals surface area contributed by atoms with Crippen LogP contribution in [0, 0.1) is 0 Å². The first-order chi connectivity index (χ1) is 8.77. The van der Waals surface area contributed by atoms with E-state index in [1.54, 1.807) is 0 Å². The third-order valence-corrected chi connectivity index (χ3v) is 2.43. The Morgan fingerprint density at radius 2 is 1.89 bits per heavy atom. The van der Waals surface area contributed by atoms with Gasteiger partial charge >= 0.3 is 0 Å². The van der Waals surface area contributed by atoms with E-state index in [1.165, 1.54) is 6.33 Å². The van der Waals surface area contributed by atoms with Crippen LogP contribution in [0.25, 0.3) is 0 Å². The van der Waals surface area contributed by atoms with E-state index in [0.29, 0.717) is 6.61 Å². The van der Waals surface area contributed by atoms with Crippen molar-refractivity contribution in [1.82, 2.24) is 9.97 Å². The first kappa shape index (κ1) is 12.4. The van der Waals surface area contributed by atoms with Gasteiger partial charge in [-0.2, -0.15) is 0 Å². The number of para-hydroxylation sites is 1. The molecule has 1 heterocycles. The van der Waals surface area contributed by atoms with Crippen molar-refractivity contribution in [3.05, 3.63) is 52.0 Å². The maximum absolute atomic E-state index is 11.2. The highest BCUT2D eigenvalue weighted by atomic mass is 35.5. The first-order valence-corrected chi connectivity index (χ1v) is 5.69. The Labute approximate surface area is 108 Å². The van der Waals surface area contributed by atoms with E-state index < -0.39 is 5.56 Å². The normalized spacial score (nSPS) is 10.1. The molecule has 18 heavy (non-hydrogen) atoms. The van der Waals surface area contributed by atoms with Gasteiger partial charge in [-0.05, 0) is 12.1 Å². The van der Waals surface area contributed by atoms with Crippen LogP contribution in [0.1, 0.15) is 0 Å². The van der Waals surface area contributed by atoms with Gasteiger partial charge in [0.1, 0.15) is 19.0 Å². The predicted molar refractivity (Wildman–Crippen MR) is 67.3 cm³/mol. The molecule has 0 aliphatic carbocycles. The number of halogens is 1. The lowest BCUT2D eigenvalue weighted by Crippen LogP contribution is -2.13. The van der Waals surface area contributed by atoms with Crippen molar-refractivity contribution >= 4 is 11.6 Å². The van der Waals surface area contributed by atoms with Crippen LogP contribution in [0.2, 0.25) is 5.02 Å². The molecule has 0 saturated heterocycles. The third kappa shape index (κ3) is 3.24.